The van der Waals surface area contributed by atoms with Crippen LogP contribution in [0, 0.1) is 0 Å². The van der Waals surface area contributed by atoms with Crippen molar-refractivity contribution in [3.05, 3.63) is 33.5 Å². The van der Waals surface area contributed by atoms with Crippen molar-refractivity contribution in [2.45, 2.75) is 10.1 Å². The van der Waals surface area contributed by atoms with Gasteiger partial charge in [-0.05, 0) is 55.8 Å². The summed E-state index contributed by atoms with van der Waals surface area (Å²) >= 11 is 8.25. The monoisotopic (exact) mass is 374 g/mol. The van der Waals surface area contributed by atoms with Gasteiger partial charge >= 0.3 is 0 Å². The number of nitrogens with zero attached hydrogens (tertiary/aromatic N) is 3. The summed E-state index contributed by atoms with van der Waals surface area (Å²) in [4.78, 5) is 12.7. The van der Waals surface area contributed by atoms with Gasteiger partial charge in [-0.15, -0.1) is 0 Å². The summed E-state index contributed by atoms with van der Waals surface area (Å²) in [6.07, 6.45) is 3.48. The molecule has 88 valence electrons. The Hall–Kier alpha value is -0.660. The molecule has 0 amide bonds. The third kappa shape index (κ3) is 3.40. The van der Waals surface area contributed by atoms with E-state index in [1.54, 1.807) is 19.4 Å². The fraction of sp³-hybridized carbons (Fsp3) is 0.100. The lowest BCUT2D eigenvalue weighted by Crippen LogP contribution is -1.97. The number of rotatable bonds is 3. The van der Waals surface area contributed by atoms with Crippen LogP contribution in [0.25, 0.3) is 0 Å². The lowest BCUT2D eigenvalue weighted by molar-refractivity contribution is 1.02. The highest BCUT2D eigenvalue weighted by atomic mass is 79.9. The third-order valence-corrected chi connectivity index (χ3v) is 4.10. The topological polar surface area (TPSA) is 50.7 Å². The zero-order valence-corrected chi connectivity index (χ0v) is 12.8. The first-order chi connectivity index (χ1) is 8.19. The molecule has 2 aromatic rings. The highest BCUT2D eigenvalue weighted by molar-refractivity contribution is 9.10. The SMILES string of the molecule is CNc1ncc(Br)c(Sc2ccc(Br)cn2)n1. The number of hydrogen-bond acceptors (Lipinski definition) is 5. The molecule has 0 aliphatic carbocycles. The van der Waals surface area contributed by atoms with Crippen molar-refractivity contribution in [3.8, 4) is 0 Å². The summed E-state index contributed by atoms with van der Waals surface area (Å²) in [5.41, 5.74) is 0. The molecular formula is C10H8Br2N4S. The second-order valence-corrected chi connectivity index (χ2v) is 5.79. The van der Waals surface area contributed by atoms with E-state index in [9.17, 15) is 0 Å². The Bertz CT molecular complexity index is 518. The zero-order valence-electron chi connectivity index (χ0n) is 8.82. The molecule has 4 nitrogen and oxygen atoms in total. The quantitative estimate of drug-likeness (QED) is 0.830. The summed E-state index contributed by atoms with van der Waals surface area (Å²) < 4.78 is 1.81. The van der Waals surface area contributed by atoms with Crippen molar-refractivity contribution in [1.29, 1.82) is 0 Å². The van der Waals surface area contributed by atoms with Gasteiger partial charge in [0, 0.05) is 23.9 Å². The Morgan fingerprint density at radius 3 is 2.65 bits per heavy atom. The van der Waals surface area contributed by atoms with Crippen molar-refractivity contribution in [2.24, 2.45) is 0 Å². The smallest absolute Gasteiger partial charge is 0.223 e. The third-order valence-electron chi connectivity index (χ3n) is 1.84. The van der Waals surface area contributed by atoms with Crippen molar-refractivity contribution in [2.75, 3.05) is 12.4 Å². The summed E-state index contributed by atoms with van der Waals surface area (Å²) in [6.45, 7) is 0. The first-order valence-electron chi connectivity index (χ1n) is 4.69. The first kappa shape index (κ1) is 12.8. The zero-order chi connectivity index (χ0) is 12.3. The standard InChI is InChI=1S/C10H8Br2N4S/c1-13-10-15-5-7(12)9(16-10)17-8-3-2-6(11)4-14-8/h2-5H,1H3,(H,13,15,16). The average Bonchev–Trinajstić information content (AvgIpc) is 2.35. The highest BCUT2D eigenvalue weighted by Crippen LogP contribution is 2.31. The largest absolute Gasteiger partial charge is 0.357 e. The fourth-order valence-electron chi connectivity index (χ4n) is 1.07. The van der Waals surface area contributed by atoms with Gasteiger partial charge in [0.2, 0.25) is 5.95 Å². The maximum atomic E-state index is 4.35. The number of halogens is 2. The first-order valence-corrected chi connectivity index (χ1v) is 7.09. The van der Waals surface area contributed by atoms with Crippen LogP contribution in [-0.2, 0) is 0 Å². The molecule has 0 spiro atoms. The van der Waals surface area contributed by atoms with Crippen molar-refractivity contribution in [3.63, 3.8) is 0 Å². The molecule has 0 atom stereocenters. The van der Waals surface area contributed by atoms with Gasteiger partial charge in [-0.25, -0.2) is 15.0 Å². The lowest BCUT2D eigenvalue weighted by atomic mass is 10.5. The predicted octanol–water partition coefficient (Wildman–Crippen LogP) is 3.59. The Morgan fingerprint density at radius 1 is 1.18 bits per heavy atom. The minimum Gasteiger partial charge on any atom is -0.357 e. The molecule has 2 aromatic heterocycles. The van der Waals surface area contributed by atoms with Crippen LogP contribution >= 0.6 is 43.6 Å². The van der Waals surface area contributed by atoms with Gasteiger partial charge < -0.3 is 5.32 Å². The van der Waals surface area contributed by atoms with Crippen LogP contribution in [0.1, 0.15) is 0 Å². The van der Waals surface area contributed by atoms with E-state index in [1.807, 2.05) is 12.1 Å². The van der Waals surface area contributed by atoms with Gasteiger partial charge in [-0.2, -0.15) is 0 Å². The van der Waals surface area contributed by atoms with Crippen molar-refractivity contribution < 1.29 is 0 Å². The highest BCUT2D eigenvalue weighted by Gasteiger charge is 2.07. The van der Waals surface area contributed by atoms with Gasteiger partial charge in [-0.3, -0.25) is 0 Å². The Balaban J connectivity index is 2.25. The van der Waals surface area contributed by atoms with E-state index in [1.165, 1.54) is 11.8 Å². The van der Waals surface area contributed by atoms with E-state index in [0.29, 0.717) is 5.95 Å². The van der Waals surface area contributed by atoms with Crippen LogP contribution in [-0.4, -0.2) is 22.0 Å². The Morgan fingerprint density at radius 2 is 2.00 bits per heavy atom. The molecule has 0 saturated heterocycles. The second kappa shape index (κ2) is 5.79. The molecule has 0 aromatic carbocycles. The number of hydrogen-bond donors (Lipinski definition) is 1. The molecular weight excluding hydrogens is 368 g/mol. The van der Waals surface area contributed by atoms with E-state index in [4.69, 9.17) is 0 Å². The van der Waals surface area contributed by atoms with E-state index in [-0.39, 0.29) is 0 Å². The molecule has 1 N–H and O–H groups in total. The van der Waals surface area contributed by atoms with Gasteiger partial charge in [-0.1, -0.05) is 0 Å². The molecule has 2 heterocycles. The van der Waals surface area contributed by atoms with Crippen molar-refractivity contribution >= 4 is 49.6 Å². The van der Waals surface area contributed by atoms with Gasteiger partial charge in [0.05, 0.1) is 4.47 Å². The second-order valence-electron chi connectivity index (χ2n) is 3.01. The summed E-state index contributed by atoms with van der Waals surface area (Å²) in [5.74, 6) is 0.591. The van der Waals surface area contributed by atoms with Crippen LogP contribution in [0.15, 0.2) is 43.5 Å². The molecule has 0 radical (unpaired) electrons. The van der Waals surface area contributed by atoms with E-state index in [0.717, 1.165) is 19.0 Å². The van der Waals surface area contributed by atoms with Crippen LogP contribution in [0.2, 0.25) is 0 Å². The molecule has 17 heavy (non-hydrogen) atoms. The number of aromatic nitrogens is 3. The molecule has 0 aliphatic heterocycles. The van der Waals surface area contributed by atoms with Crippen LogP contribution in [0.3, 0.4) is 0 Å². The van der Waals surface area contributed by atoms with E-state index >= 15 is 0 Å². The minimum absolute atomic E-state index is 0.591. The van der Waals surface area contributed by atoms with Crippen LogP contribution in [0.4, 0.5) is 5.95 Å². The van der Waals surface area contributed by atoms with Crippen molar-refractivity contribution in [1.82, 2.24) is 15.0 Å². The molecule has 0 aliphatic rings. The summed E-state index contributed by atoms with van der Waals surface area (Å²) in [5, 5.41) is 4.62. The predicted molar refractivity (Wildman–Crippen MR) is 75.3 cm³/mol. The average molecular weight is 376 g/mol. The number of anilines is 1. The Labute approximate surface area is 120 Å². The van der Waals surface area contributed by atoms with Gasteiger partial charge in [0.15, 0.2) is 0 Å². The molecule has 0 bridgehead atoms. The fourth-order valence-corrected chi connectivity index (χ4v) is 2.46. The minimum atomic E-state index is 0.591. The maximum absolute atomic E-state index is 4.35. The van der Waals surface area contributed by atoms with E-state index in [2.05, 4.69) is 52.1 Å². The molecule has 0 unspecified atom stereocenters. The molecule has 0 fully saturated rings. The van der Waals surface area contributed by atoms with Gasteiger partial charge in [0.25, 0.3) is 0 Å². The Kier molecular flexibility index (Phi) is 4.36. The number of nitrogens with one attached hydrogen (secondary N) is 1. The normalized spacial score (nSPS) is 10.3. The summed E-state index contributed by atoms with van der Waals surface area (Å²) in [7, 11) is 1.79. The molecule has 0 saturated carbocycles. The van der Waals surface area contributed by atoms with Crippen LogP contribution < -0.4 is 5.32 Å². The molecule has 2 rings (SSSR count). The van der Waals surface area contributed by atoms with Crippen LogP contribution in [0.5, 0.6) is 0 Å². The number of pyridine rings is 1. The lowest BCUT2D eigenvalue weighted by Gasteiger charge is -2.04. The van der Waals surface area contributed by atoms with Gasteiger partial charge in [0.1, 0.15) is 10.1 Å². The summed E-state index contributed by atoms with van der Waals surface area (Å²) in [6, 6.07) is 3.88. The maximum Gasteiger partial charge on any atom is 0.223 e. The van der Waals surface area contributed by atoms with E-state index < -0.39 is 0 Å². The molecule has 7 heteroatoms.